The predicted molar refractivity (Wildman–Crippen MR) is 136 cm³/mol. The van der Waals surface area contributed by atoms with Crippen molar-refractivity contribution in [3.63, 3.8) is 0 Å². The van der Waals surface area contributed by atoms with E-state index in [-0.39, 0.29) is 17.5 Å². The molecule has 180 valence electrons. The lowest BCUT2D eigenvalue weighted by Gasteiger charge is -2.26. The van der Waals surface area contributed by atoms with Gasteiger partial charge in [0.15, 0.2) is 0 Å². The molecule has 8 heteroatoms. The molecule has 1 N–H and O–H groups in total. The molecule has 1 atom stereocenters. The second kappa shape index (κ2) is 10.9. The standard InChI is InChI=1S/C26H29ClN2O4S/c1-18-9-13-23(14-10-18)34(31,32)29(24-15-22(27)12-11-19(24)2)16-26(30)28-21(4)17-33-25-8-6-5-7-20(25)3/h5-15,21H,16-17H2,1-4H3,(H,28,30). The van der Waals surface area contributed by atoms with E-state index in [9.17, 15) is 13.2 Å². The SMILES string of the molecule is Cc1ccc(S(=O)(=O)N(CC(=O)NC(C)COc2ccccc2C)c2cc(Cl)ccc2C)cc1. The van der Waals surface area contributed by atoms with Crippen molar-refractivity contribution in [2.75, 3.05) is 17.5 Å². The highest BCUT2D eigenvalue weighted by Crippen LogP contribution is 2.29. The second-order valence-corrected chi connectivity index (χ2v) is 10.6. The fourth-order valence-corrected chi connectivity index (χ4v) is 5.06. The van der Waals surface area contributed by atoms with Gasteiger partial charge in [-0.2, -0.15) is 0 Å². The van der Waals surface area contributed by atoms with Crippen molar-refractivity contribution in [3.05, 3.63) is 88.4 Å². The van der Waals surface area contributed by atoms with Crippen LogP contribution in [0.3, 0.4) is 0 Å². The number of anilines is 1. The molecule has 6 nitrogen and oxygen atoms in total. The van der Waals surface area contributed by atoms with Crippen molar-refractivity contribution in [2.24, 2.45) is 0 Å². The molecule has 3 rings (SSSR count). The fourth-order valence-electron chi connectivity index (χ4n) is 3.41. The fraction of sp³-hybridized carbons (Fsp3) is 0.269. The Morgan fingerprint density at radius 3 is 2.35 bits per heavy atom. The van der Waals surface area contributed by atoms with Gasteiger partial charge in [0.25, 0.3) is 10.0 Å². The predicted octanol–water partition coefficient (Wildman–Crippen LogP) is 5.04. The van der Waals surface area contributed by atoms with Gasteiger partial charge in [0.2, 0.25) is 5.91 Å². The topological polar surface area (TPSA) is 75.7 Å². The van der Waals surface area contributed by atoms with Crippen LogP contribution in [-0.4, -0.2) is 33.5 Å². The zero-order valence-electron chi connectivity index (χ0n) is 19.7. The molecule has 3 aromatic rings. The van der Waals surface area contributed by atoms with E-state index in [1.165, 1.54) is 12.1 Å². The van der Waals surface area contributed by atoms with E-state index in [0.29, 0.717) is 16.3 Å². The van der Waals surface area contributed by atoms with E-state index < -0.39 is 22.5 Å². The smallest absolute Gasteiger partial charge is 0.264 e. The molecule has 0 aromatic heterocycles. The van der Waals surface area contributed by atoms with Crippen LogP contribution in [0.5, 0.6) is 5.75 Å². The van der Waals surface area contributed by atoms with Crippen LogP contribution in [0.1, 0.15) is 23.6 Å². The Kier molecular flexibility index (Phi) is 8.23. The van der Waals surface area contributed by atoms with Crippen molar-refractivity contribution in [1.29, 1.82) is 0 Å². The Balaban J connectivity index is 1.81. The van der Waals surface area contributed by atoms with Gasteiger partial charge in [0, 0.05) is 5.02 Å². The minimum atomic E-state index is -4.02. The van der Waals surface area contributed by atoms with Crippen LogP contribution in [0.15, 0.2) is 71.6 Å². The van der Waals surface area contributed by atoms with Crippen LogP contribution in [-0.2, 0) is 14.8 Å². The second-order valence-electron chi connectivity index (χ2n) is 8.30. The summed E-state index contributed by atoms with van der Waals surface area (Å²) in [4.78, 5) is 13.0. The van der Waals surface area contributed by atoms with Crippen LogP contribution in [0, 0.1) is 20.8 Å². The molecule has 0 saturated carbocycles. The van der Waals surface area contributed by atoms with Gasteiger partial charge in [-0.05, 0) is 69.2 Å². The number of nitrogens with zero attached hydrogens (tertiary/aromatic N) is 1. The van der Waals surface area contributed by atoms with Gasteiger partial charge in [-0.25, -0.2) is 8.42 Å². The third-order valence-electron chi connectivity index (χ3n) is 5.33. The highest BCUT2D eigenvalue weighted by Gasteiger charge is 2.29. The Bertz CT molecular complexity index is 1260. The molecule has 0 fully saturated rings. The number of para-hydroxylation sites is 1. The number of hydrogen-bond acceptors (Lipinski definition) is 4. The van der Waals surface area contributed by atoms with Gasteiger partial charge in [-0.1, -0.05) is 53.6 Å². The molecular weight excluding hydrogens is 472 g/mol. The van der Waals surface area contributed by atoms with Gasteiger partial charge in [-0.3, -0.25) is 9.10 Å². The van der Waals surface area contributed by atoms with Crippen molar-refractivity contribution < 1.29 is 17.9 Å². The molecule has 0 aliphatic rings. The lowest BCUT2D eigenvalue weighted by atomic mass is 10.2. The first-order valence-corrected chi connectivity index (χ1v) is 12.7. The number of aryl methyl sites for hydroxylation is 3. The third kappa shape index (κ3) is 6.30. The van der Waals surface area contributed by atoms with E-state index >= 15 is 0 Å². The van der Waals surface area contributed by atoms with Gasteiger partial charge >= 0.3 is 0 Å². The quantitative estimate of drug-likeness (QED) is 0.446. The number of sulfonamides is 1. The number of rotatable bonds is 9. The van der Waals surface area contributed by atoms with Crippen molar-refractivity contribution >= 4 is 33.2 Å². The summed E-state index contributed by atoms with van der Waals surface area (Å²) in [5.41, 5.74) is 2.97. The number of halogens is 1. The Labute approximate surface area is 206 Å². The van der Waals surface area contributed by atoms with Crippen LogP contribution in [0.4, 0.5) is 5.69 Å². The molecule has 34 heavy (non-hydrogen) atoms. The summed E-state index contributed by atoms with van der Waals surface area (Å²) < 4.78 is 34.0. The average Bonchev–Trinajstić information content (AvgIpc) is 2.79. The average molecular weight is 501 g/mol. The van der Waals surface area contributed by atoms with Gasteiger partial charge < -0.3 is 10.1 Å². The molecule has 1 amide bonds. The molecule has 0 spiro atoms. The number of amides is 1. The maximum absolute atomic E-state index is 13.6. The highest BCUT2D eigenvalue weighted by atomic mass is 35.5. The largest absolute Gasteiger partial charge is 0.491 e. The van der Waals surface area contributed by atoms with Gasteiger partial charge in [0.05, 0.1) is 16.6 Å². The summed E-state index contributed by atoms with van der Waals surface area (Å²) in [6.07, 6.45) is 0. The summed E-state index contributed by atoms with van der Waals surface area (Å²) >= 11 is 6.17. The first-order chi connectivity index (χ1) is 16.1. The van der Waals surface area contributed by atoms with Crippen molar-refractivity contribution in [1.82, 2.24) is 5.32 Å². The van der Waals surface area contributed by atoms with Crippen LogP contribution >= 0.6 is 11.6 Å². The van der Waals surface area contributed by atoms with Crippen molar-refractivity contribution in [2.45, 2.75) is 38.6 Å². The minimum Gasteiger partial charge on any atom is -0.491 e. The first-order valence-electron chi connectivity index (χ1n) is 10.9. The first kappa shape index (κ1) is 25.6. The number of ether oxygens (including phenoxy) is 1. The summed E-state index contributed by atoms with van der Waals surface area (Å²) in [7, 11) is -4.02. The Hall–Kier alpha value is -3.03. The zero-order valence-corrected chi connectivity index (χ0v) is 21.3. The van der Waals surface area contributed by atoms with Crippen molar-refractivity contribution in [3.8, 4) is 5.75 Å². The van der Waals surface area contributed by atoms with E-state index in [1.807, 2.05) is 38.1 Å². The van der Waals surface area contributed by atoms with Gasteiger partial charge in [-0.15, -0.1) is 0 Å². The Morgan fingerprint density at radius 2 is 1.68 bits per heavy atom. The molecule has 0 bridgehead atoms. The number of carbonyl (C=O) groups excluding carboxylic acids is 1. The highest BCUT2D eigenvalue weighted by molar-refractivity contribution is 7.92. The van der Waals surface area contributed by atoms with Gasteiger partial charge in [0.1, 0.15) is 18.9 Å². The molecule has 3 aromatic carbocycles. The number of benzene rings is 3. The van der Waals surface area contributed by atoms with E-state index in [1.54, 1.807) is 44.2 Å². The number of nitrogens with one attached hydrogen (secondary N) is 1. The van der Waals surface area contributed by atoms with E-state index in [2.05, 4.69) is 5.32 Å². The molecule has 0 heterocycles. The minimum absolute atomic E-state index is 0.0983. The summed E-state index contributed by atoms with van der Waals surface area (Å²) in [5.74, 6) is 0.290. The summed E-state index contributed by atoms with van der Waals surface area (Å²) in [6, 6.07) is 18.8. The van der Waals surface area contributed by atoms with E-state index in [4.69, 9.17) is 16.3 Å². The van der Waals surface area contributed by atoms with E-state index in [0.717, 1.165) is 21.2 Å². The third-order valence-corrected chi connectivity index (χ3v) is 7.33. The maximum atomic E-state index is 13.6. The monoisotopic (exact) mass is 500 g/mol. The summed E-state index contributed by atoms with van der Waals surface area (Å²) in [5, 5.41) is 3.21. The molecule has 0 saturated heterocycles. The van der Waals surface area contributed by atoms with Crippen LogP contribution < -0.4 is 14.4 Å². The molecule has 0 aliphatic heterocycles. The normalized spacial score (nSPS) is 12.1. The van der Waals surface area contributed by atoms with Crippen LogP contribution in [0.25, 0.3) is 0 Å². The molecule has 1 unspecified atom stereocenters. The van der Waals surface area contributed by atoms with Crippen LogP contribution in [0.2, 0.25) is 5.02 Å². The molecular formula is C26H29ClN2O4S. The lowest BCUT2D eigenvalue weighted by molar-refractivity contribution is -0.120. The maximum Gasteiger partial charge on any atom is 0.264 e. The lowest BCUT2D eigenvalue weighted by Crippen LogP contribution is -2.45. The number of carbonyl (C=O) groups is 1. The molecule has 0 aliphatic carbocycles. The molecule has 0 radical (unpaired) electrons. The Morgan fingerprint density at radius 1 is 1.00 bits per heavy atom. The summed E-state index contributed by atoms with van der Waals surface area (Å²) in [6.45, 7) is 7.26. The number of hydrogen-bond donors (Lipinski definition) is 1. The zero-order chi connectivity index (χ0) is 24.9.